The van der Waals surface area contributed by atoms with Gasteiger partial charge in [-0.15, -0.1) is 11.3 Å². The molecule has 0 atom stereocenters. The van der Waals surface area contributed by atoms with E-state index in [0.29, 0.717) is 25.9 Å². The number of rotatable bonds is 1. The number of thiophene rings is 1. The molecule has 4 nitrogen and oxygen atoms in total. The summed E-state index contributed by atoms with van der Waals surface area (Å²) < 4.78 is 0. The largest absolute Gasteiger partial charge is 0.411 e. The normalized spacial score (nSPS) is 19.4. The summed E-state index contributed by atoms with van der Waals surface area (Å²) in [6.45, 7) is 1.33. The standard InChI is InChI=1S/C15H20N2O2S/c18-15(17-8-6-12(16-19)7-9-17)14-10-11-4-2-1-3-5-13(11)20-14/h10,19H,1-9H2. The van der Waals surface area contributed by atoms with E-state index in [0.717, 1.165) is 23.4 Å². The molecule has 5 heteroatoms. The Hall–Kier alpha value is -1.36. The summed E-state index contributed by atoms with van der Waals surface area (Å²) in [7, 11) is 0. The first-order valence-corrected chi connectivity index (χ1v) is 8.20. The van der Waals surface area contributed by atoms with Gasteiger partial charge in [-0.25, -0.2) is 0 Å². The zero-order chi connectivity index (χ0) is 13.9. The van der Waals surface area contributed by atoms with Crippen molar-refractivity contribution in [3.63, 3.8) is 0 Å². The van der Waals surface area contributed by atoms with Crippen LogP contribution in [0, 0.1) is 0 Å². The zero-order valence-electron chi connectivity index (χ0n) is 11.6. The molecule has 20 heavy (non-hydrogen) atoms. The van der Waals surface area contributed by atoms with Crippen molar-refractivity contribution in [1.29, 1.82) is 0 Å². The zero-order valence-corrected chi connectivity index (χ0v) is 12.4. The molecule has 1 aromatic heterocycles. The summed E-state index contributed by atoms with van der Waals surface area (Å²) in [5, 5.41) is 12.0. The first-order chi connectivity index (χ1) is 9.78. The quantitative estimate of drug-likeness (QED) is 0.491. The summed E-state index contributed by atoms with van der Waals surface area (Å²) >= 11 is 1.69. The van der Waals surface area contributed by atoms with Crippen LogP contribution in [0.15, 0.2) is 11.2 Å². The maximum absolute atomic E-state index is 12.5. The van der Waals surface area contributed by atoms with Crippen molar-refractivity contribution in [2.75, 3.05) is 13.1 Å². The van der Waals surface area contributed by atoms with Crippen LogP contribution in [0.2, 0.25) is 0 Å². The molecular formula is C15H20N2O2S. The molecule has 1 aromatic rings. The number of hydrogen-bond donors (Lipinski definition) is 1. The second kappa shape index (κ2) is 5.95. The third kappa shape index (κ3) is 2.73. The molecule has 1 N–H and O–H groups in total. The number of aryl methyl sites for hydroxylation is 2. The lowest BCUT2D eigenvalue weighted by Crippen LogP contribution is -2.38. The Bertz CT molecular complexity index is 502. The first-order valence-electron chi connectivity index (χ1n) is 7.38. The summed E-state index contributed by atoms with van der Waals surface area (Å²) in [4.78, 5) is 16.7. The lowest BCUT2D eigenvalue weighted by atomic mass is 10.1. The van der Waals surface area contributed by atoms with Gasteiger partial charge in [-0.2, -0.15) is 0 Å². The van der Waals surface area contributed by atoms with Gasteiger partial charge in [0.15, 0.2) is 0 Å². The molecule has 0 radical (unpaired) electrons. The number of fused-ring (bicyclic) bond motifs is 1. The second-order valence-electron chi connectivity index (χ2n) is 5.58. The highest BCUT2D eigenvalue weighted by molar-refractivity contribution is 7.14. The summed E-state index contributed by atoms with van der Waals surface area (Å²) in [6.07, 6.45) is 7.44. The van der Waals surface area contributed by atoms with E-state index in [1.54, 1.807) is 11.3 Å². The number of hydrogen-bond acceptors (Lipinski definition) is 4. The molecule has 1 aliphatic carbocycles. The molecule has 0 unspecified atom stereocenters. The van der Waals surface area contributed by atoms with Gasteiger partial charge >= 0.3 is 0 Å². The molecule has 1 aliphatic heterocycles. The lowest BCUT2D eigenvalue weighted by Gasteiger charge is -2.26. The van der Waals surface area contributed by atoms with Crippen LogP contribution < -0.4 is 0 Å². The van der Waals surface area contributed by atoms with Crippen LogP contribution in [-0.2, 0) is 12.8 Å². The maximum atomic E-state index is 12.5. The number of nitrogens with zero attached hydrogens (tertiary/aromatic N) is 2. The van der Waals surface area contributed by atoms with Crippen LogP contribution >= 0.6 is 11.3 Å². The average molecular weight is 292 g/mol. The number of amides is 1. The summed E-state index contributed by atoms with van der Waals surface area (Å²) in [5.74, 6) is 0.153. The summed E-state index contributed by atoms with van der Waals surface area (Å²) in [5.41, 5.74) is 2.20. The predicted molar refractivity (Wildman–Crippen MR) is 79.9 cm³/mol. The van der Waals surface area contributed by atoms with Crippen molar-refractivity contribution < 1.29 is 10.0 Å². The highest BCUT2D eigenvalue weighted by Crippen LogP contribution is 2.30. The highest BCUT2D eigenvalue weighted by Gasteiger charge is 2.24. The van der Waals surface area contributed by atoms with Crippen LogP contribution in [0.25, 0.3) is 0 Å². The first kappa shape index (κ1) is 13.6. The van der Waals surface area contributed by atoms with E-state index in [-0.39, 0.29) is 5.91 Å². The fraction of sp³-hybridized carbons (Fsp3) is 0.600. The topological polar surface area (TPSA) is 52.9 Å². The van der Waals surface area contributed by atoms with Crippen LogP contribution in [-0.4, -0.2) is 34.8 Å². The Kier molecular flexibility index (Phi) is 4.05. The molecule has 0 saturated carbocycles. The van der Waals surface area contributed by atoms with Crippen molar-refractivity contribution in [3.8, 4) is 0 Å². The minimum absolute atomic E-state index is 0.153. The van der Waals surface area contributed by atoms with Crippen LogP contribution in [0.5, 0.6) is 0 Å². The van der Waals surface area contributed by atoms with Gasteiger partial charge in [-0.1, -0.05) is 11.6 Å². The Morgan fingerprint density at radius 3 is 2.65 bits per heavy atom. The van der Waals surface area contributed by atoms with Gasteiger partial charge in [0.2, 0.25) is 0 Å². The van der Waals surface area contributed by atoms with E-state index in [1.807, 2.05) is 4.90 Å². The third-order valence-electron chi connectivity index (χ3n) is 4.23. The Morgan fingerprint density at radius 1 is 1.15 bits per heavy atom. The number of carbonyl (C=O) groups is 1. The molecule has 108 valence electrons. The molecule has 2 aliphatic rings. The van der Waals surface area contributed by atoms with Gasteiger partial charge in [0.25, 0.3) is 5.91 Å². The average Bonchev–Trinajstić information content (AvgIpc) is 2.77. The van der Waals surface area contributed by atoms with Crippen LogP contribution in [0.1, 0.15) is 52.2 Å². The molecule has 0 bridgehead atoms. The van der Waals surface area contributed by atoms with E-state index in [2.05, 4.69) is 11.2 Å². The lowest BCUT2D eigenvalue weighted by molar-refractivity contribution is 0.0758. The van der Waals surface area contributed by atoms with Crippen molar-refractivity contribution in [2.24, 2.45) is 5.16 Å². The minimum atomic E-state index is 0.153. The molecule has 1 saturated heterocycles. The number of likely N-dealkylation sites (tertiary alicyclic amines) is 1. The maximum Gasteiger partial charge on any atom is 0.263 e. The Balaban J connectivity index is 1.71. The van der Waals surface area contributed by atoms with Gasteiger partial charge < -0.3 is 10.1 Å². The van der Waals surface area contributed by atoms with Gasteiger partial charge in [-0.3, -0.25) is 4.79 Å². The van der Waals surface area contributed by atoms with E-state index >= 15 is 0 Å². The van der Waals surface area contributed by atoms with E-state index in [9.17, 15) is 4.79 Å². The van der Waals surface area contributed by atoms with Gasteiger partial charge in [0.1, 0.15) is 0 Å². The SMILES string of the molecule is O=C(c1cc2c(s1)CCCCC2)N1CCC(=NO)CC1. The van der Waals surface area contributed by atoms with Crippen molar-refractivity contribution in [3.05, 3.63) is 21.4 Å². The minimum Gasteiger partial charge on any atom is -0.411 e. The fourth-order valence-corrected chi connectivity index (χ4v) is 4.22. The monoisotopic (exact) mass is 292 g/mol. The molecule has 2 heterocycles. The number of piperidine rings is 1. The fourth-order valence-electron chi connectivity index (χ4n) is 3.00. The van der Waals surface area contributed by atoms with Gasteiger partial charge in [-0.05, 0) is 37.3 Å². The Morgan fingerprint density at radius 2 is 1.90 bits per heavy atom. The third-order valence-corrected chi connectivity index (χ3v) is 5.45. The molecule has 3 rings (SSSR count). The van der Waals surface area contributed by atoms with Gasteiger partial charge in [0.05, 0.1) is 10.6 Å². The van der Waals surface area contributed by atoms with E-state index < -0.39 is 0 Å². The van der Waals surface area contributed by atoms with E-state index in [1.165, 1.54) is 29.7 Å². The number of oxime groups is 1. The highest BCUT2D eigenvalue weighted by atomic mass is 32.1. The number of carbonyl (C=O) groups excluding carboxylic acids is 1. The van der Waals surface area contributed by atoms with Crippen molar-refractivity contribution in [1.82, 2.24) is 4.90 Å². The molecule has 0 aromatic carbocycles. The van der Waals surface area contributed by atoms with Crippen molar-refractivity contribution in [2.45, 2.75) is 44.9 Å². The molecular weight excluding hydrogens is 272 g/mol. The molecule has 0 spiro atoms. The summed E-state index contributed by atoms with van der Waals surface area (Å²) in [6, 6.07) is 2.11. The van der Waals surface area contributed by atoms with Gasteiger partial charge in [0, 0.05) is 30.8 Å². The molecule has 1 amide bonds. The predicted octanol–water partition coefficient (Wildman–Crippen LogP) is 3.08. The molecule has 1 fully saturated rings. The van der Waals surface area contributed by atoms with Crippen LogP contribution in [0.3, 0.4) is 0 Å². The van der Waals surface area contributed by atoms with Crippen LogP contribution in [0.4, 0.5) is 0 Å². The Labute approximate surface area is 123 Å². The second-order valence-corrected chi connectivity index (χ2v) is 6.71. The van der Waals surface area contributed by atoms with Crippen molar-refractivity contribution >= 4 is 23.0 Å². The smallest absolute Gasteiger partial charge is 0.263 e. The van der Waals surface area contributed by atoms with E-state index in [4.69, 9.17) is 5.21 Å².